The summed E-state index contributed by atoms with van der Waals surface area (Å²) < 4.78 is 11.1. The maximum atomic E-state index is 11.4. The Bertz CT molecular complexity index is 875. The first-order chi connectivity index (χ1) is 16.3. The first kappa shape index (κ1) is 26.7. The minimum absolute atomic E-state index is 0.0469. The van der Waals surface area contributed by atoms with Gasteiger partial charge in [0.1, 0.15) is 18.3 Å². The number of rotatable bonds is 5. The third-order valence-corrected chi connectivity index (χ3v) is 9.62. The zero-order chi connectivity index (χ0) is 25.9. The van der Waals surface area contributed by atoms with Crippen molar-refractivity contribution in [2.45, 2.75) is 95.8 Å². The van der Waals surface area contributed by atoms with Gasteiger partial charge >= 0.3 is 5.97 Å². The first-order valence-electron chi connectivity index (χ1n) is 12.5. The molecule has 2 saturated carbocycles. The summed E-state index contributed by atoms with van der Waals surface area (Å²) in [5, 5.41) is 61.8. The number of carboxylic acids is 1. The predicted molar refractivity (Wildman–Crippen MR) is 125 cm³/mol. The summed E-state index contributed by atoms with van der Waals surface area (Å²) in [6.07, 6.45) is -2.31. The average molecular weight is 497 g/mol. The third kappa shape index (κ3) is 4.29. The lowest BCUT2D eigenvalue weighted by molar-refractivity contribution is -0.309. The number of carbonyl (C=O) groups is 1. The molecule has 3 fully saturated rings. The molecule has 4 rings (SSSR count). The van der Waals surface area contributed by atoms with Crippen molar-refractivity contribution >= 4 is 5.97 Å². The predicted octanol–water partition coefficient (Wildman–Crippen LogP) is 0.972. The molecule has 3 aliphatic carbocycles. The average Bonchev–Trinajstić information content (AvgIpc) is 2.80. The molecule has 9 nitrogen and oxygen atoms in total. The Morgan fingerprint density at radius 2 is 1.86 bits per heavy atom. The van der Waals surface area contributed by atoms with Crippen LogP contribution in [0.2, 0.25) is 0 Å². The fourth-order valence-corrected chi connectivity index (χ4v) is 7.41. The van der Waals surface area contributed by atoms with Gasteiger partial charge in [0, 0.05) is 5.41 Å². The van der Waals surface area contributed by atoms with Crippen molar-refractivity contribution in [3.63, 3.8) is 0 Å². The lowest BCUT2D eigenvalue weighted by Crippen LogP contribution is -2.64. The minimum Gasteiger partial charge on any atom is -0.479 e. The Balaban J connectivity index is 1.59. The Labute approximate surface area is 206 Å². The van der Waals surface area contributed by atoms with Crippen LogP contribution in [0.1, 0.15) is 52.9 Å². The normalized spacial score (nSPS) is 52.1. The summed E-state index contributed by atoms with van der Waals surface area (Å²) in [6.45, 7) is 10.1. The minimum atomic E-state index is -1.81. The number of ether oxygens (including phenoxy) is 2. The smallest absolute Gasteiger partial charge is 0.335 e. The molecule has 0 amide bonds. The molecule has 35 heavy (non-hydrogen) atoms. The van der Waals surface area contributed by atoms with E-state index in [4.69, 9.17) is 9.47 Å². The summed E-state index contributed by atoms with van der Waals surface area (Å²) in [6, 6.07) is 0. The largest absolute Gasteiger partial charge is 0.479 e. The first-order valence-corrected chi connectivity index (χ1v) is 12.5. The molecule has 1 saturated heterocycles. The molecule has 9 heteroatoms. The number of hydrogen-bond acceptors (Lipinski definition) is 8. The fourth-order valence-electron chi connectivity index (χ4n) is 7.41. The molecule has 1 heterocycles. The van der Waals surface area contributed by atoms with Gasteiger partial charge in [-0.1, -0.05) is 38.5 Å². The Morgan fingerprint density at radius 1 is 1.17 bits per heavy atom. The van der Waals surface area contributed by atoms with Crippen molar-refractivity contribution in [2.24, 2.45) is 28.1 Å². The van der Waals surface area contributed by atoms with Crippen LogP contribution < -0.4 is 0 Å². The second-order valence-electron chi connectivity index (χ2n) is 12.0. The van der Waals surface area contributed by atoms with Gasteiger partial charge in [-0.05, 0) is 54.8 Å². The highest BCUT2D eigenvalue weighted by Gasteiger charge is 2.61. The molecule has 4 aliphatic rings. The topological polar surface area (TPSA) is 157 Å². The van der Waals surface area contributed by atoms with E-state index in [1.54, 1.807) is 0 Å². The zero-order valence-electron chi connectivity index (χ0n) is 20.7. The van der Waals surface area contributed by atoms with E-state index in [-0.39, 0.29) is 29.3 Å². The van der Waals surface area contributed by atoms with E-state index in [9.17, 15) is 35.4 Å². The van der Waals surface area contributed by atoms with Gasteiger partial charge in [0.15, 0.2) is 12.4 Å². The van der Waals surface area contributed by atoms with Crippen LogP contribution in [0.25, 0.3) is 0 Å². The lowest BCUT2D eigenvalue weighted by Gasteiger charge is -2.62. The molecule has 12 atom stereocenters. The summed E-state index contributed by atoms with van der Waals surface area (Å²) in [4.78, 5) is 11.4. The van der Waals surface area contributed by atoms with Crippen LogP contribution in [-0.4, -0.2) is 86.1 Å². The molecule has 0 aromatic rings. The SMILES string of the molecule is C=C[C@@]1(C)CC[C@H]2C(=CC[C@@H]3[C@]2(C)C[C@@H](O)[C@H](O)[C@]3(C)COC2OC(C(=O)O)C(O)C(O)C2O)C1. The van der Waals surface area contributed by atoms with Crippen molar-refractivity contribution in [1.29, 1.82) is 0 Å². The van der Waals surface area contributed by atoms with Gasteiger partial charge in [-0.2, -0.15) is 0 Å². The van der Waals surface area contributed by atoms with E-state index in [0.29, 0.717) is 12.8 Å². The van der Waals surface area contributed by atoms with Crippen LogP contribution in [0.5, 0.6) is 0 Å². The van der Waals surface area contributed by atoms with Crippen LogP contribution in [-0.2, 0) is 14.3 Å². The van der Waals surface area contributed by atoms with E-state index < -0.39 is 54.3 Å². The molecule has 0 bridgehead atoms. The van der Waals surface area contributed by atoms with Gasteiger partial charge in [-0.25, -0.2) is 4.79 Å². The maximum Gasteiger partial charge on any atom is 0.335 e. The van der Waals surface area contributed by atoms with Crippen LogP contribution in [0, 0.1) is 28.1 Å². The number of aliphatic hydroxyl groups is 5. The fraction of sp³-hybridized carbons (Fsp3) is 0.808. The second kappa shape index (κ2) is 9.20. The van der Waals surface area contributed by atoms with Crippen molar-refractivity contribution in [2.75, 3.05) is 6.61 Å². The van der Waals surface area contributed by atoms with E-state index in [2.05, 4.69) is 26.5 Å². The van der Waals surface area contributed by atoms with Gasteiger partial charge in [-0.15, -0.1) is 6.58 Å². The van der Waals surface area contributed by atoms with Gasteiger partial charge in [0.25, 0.3) is 0 Å². The number of fused-ring (bicyclic) bond motifs is 3. The number of allylic oxidation sites excluding steroid dienone is 3. The third-order valence-electron chi connectivity index (χ3n) is 9.62. The summed E-state index contributed by atoms with van der Waals surface area (Å²) in [5.74, 6) is -1.29. The van der Waals surface area contributed by atoms with E-state index in [1.807, 2.05) is 13.0 Å². The van der Waals surface area contributed by atoms with E-state index in [1.165, 1.54) is 5.57 Å². The quantitative estimate of drug-likeness (QED) is 0.305. The molecule has 0 radical (unpaired) electrons. The lowest BCUT2D eigenvalue weighted by atomic mass is 9.44. The molecular weight excluding hydrogens is 456 g/mol. The Morgan fingerprint density at radius 3 is 2.49 bits per heavy atom. The van der Waals surface area contributed by atoms with Gasteiger partial charge in [-0.3, -0.25) is 0 Å². The Kier molecular flexibility index (Phi) is 7.03. The molecule has 0 spiro atoms. The highest BCUT2D eigenvalue weighted by molar-refractivity contribution is 5.73. The van der Waals surface area contributed by atoms with E-state index in [0.717, 1.165) is 19.3 Å². The van der Waals surface area contributed by atoms with Crippen LogP contribution >= 0.6 is 0 Å². The maximum absolute atomic E-state index is 11.4. The molecule has 1 aliphatic heterocycles. The van der Waals surface area contributed by atoms with Crippen LogP contribution in [0.3, 0.4) is 0 Å². The highest BCUT2D eigenvalue weighted by atomic mass is 16.7. The number of aliphatic carboxylic acids is 1. The summed E-state index contributed by atoms with van der Waals surface area (Å²) in [5.41, 5.74) is 0.188. The second-order valence-corrected chi connectivity index (χ2v) is 12.0. The monoisotopic (exact) mass is 496 g/mol. The van der Waals surface area contributed by atoms with Gasteiger partial charge in [0.2, 0.25) is 0 Å². The highest BCUT2D eigenvalue weighted by Crippen LogP contribution is 2.63. The van der Waals surface area contributed by atoms with Crippen molar-refractivity contribution < 1.29 is 44.9 Å². The Hall–Kier alpha value is -1.33. The van der Waals surface area contributed by atoms with Crippen molar-refractivity contribution in [3.05, 3.63) is 24.3 Å². The van der Waals surface area contributed by atoms with Crippen LogP contribution in [0.15, 0.2) is 24.3 Å². The molecular formula is C26H40O9. The zero-order valence-corrected chi connectivity index (χ0v) is 20.7. The van der Waals surface area contributed by atoms with E-state index >= 15 is 0 Å². The van der Waals surface area contributed by atoms with Gasteiger partial charge in [0.05, 0.1) is 18.8 Å². The molecule has 198 valence electrons. The van der Waals surface area contributed by atoms with Crippen molar-refractivity contribution in [1.82, 2.24) is 0 Å². The standard InChI is InChI=1S/C26H40O9/c1-5-24(2)9-8-14-13(10-24)6-7-16-25(14,3)11-15(27)21(31)26(16,4)12-34-23-19(30)17(28)18(29)20(35-23)22(32)33/h5-6,14-21,23,27-31H,1,7-12H2,2-4H3,(H,32,33)/t14-,15+,16+,17?,18?,19?,20?,21-,23?,24-,25+,26+/m0/s1. The number of hydrogen-bond donors (Lipinski definition) is 6. The summed E-state index contributed by atoms with van der Waals surface area (Å²) in [7, 11) is 0. The van der Waals surface area contributed by atoms with Crippen LogP contribution in [0.4, 0.5) is 0 Å². The van der Waals surface area contributed by atoms with Crippen molar-refractivity contribution in [3.8, 4) is 0 Å². The molecule has 0 aromatic carbocycles. The number of carboxylic acid groups (broad SMARTS) is 1. The summed E-state index contributed by atoms with van der Waals surface area (Å²) >= 11 is 0. The molecule has 0 aromatic heterocycles. The van der Waals surface area contributed by atoms with Gasteiger partial charge < -0.3 is 40.1 Å². The molecule has 5 unspecified atom stereocenters. The number of aliphatic hydroxyl groups excluding tert-OH is 5. The molecule has 6 N–H and O–H groups in total.